The highest BCUT2D eigenvalue weighted by atomic mass is 16.5. The number of nitriles is 1. The van der Waals surface area contributed by atoms with Crippen molar-refractivity contribution < 1.29 is 9.53 Å². The minimum atomic E-state index is -0.318. The molecule has 0 saturated carbocycles. The average molecular weight is 244 g/mol. The number of rotatable bonds is 4. The van der Waals surface area contributed by atoms with Crippen molar-refractivity contribution in [2.24, 2.45) is 0 Å². The van der Waals surface area contributed by atoms with Crippen LogP contribution in [0, 0.1) is 18.3 Å². The van der Waals surface area contributed by atoms with Crippen LogP contribution in [0.15, 0.2) is 18.2 Å². The lowest BCUT2D eigenvalue weighted by molar-refractivity contribution is -0.119. The molecule has 1 aromatic carbocycles. The third-order valence-electron chi connectivity index (χ3n) is 3.23. The van der Waals surface area contributed by atoms with Crippen LogP contribution in [0.3, 0.4) is 0 Å². The SMILES string of the molecule is COCCN1C(=O)[C@@H](CC#N)c2cc(C)ccc21. The van der Waals surface area contributed by atoms with Gasteiger partial charge in [-0.25, -0.2) is 0 Å². The monoisotopic (exact) mass is 244 g/mol. The van der Waals surface area contributed by atoms with E-state index in [-0.39, 0.29) is 18.2 Å². The zero-order valence-corrected chi connectivity index (χ0v) is 10.6. The summed E-state index contributed by atoms with van der Waals surface area (Å²) in [7, 11) is 1.61. The first kappa shape index (κ1) is 12.6. The van der Waals surface area contributed by atoms with Crippen LogP contribution >= 0.6 is 0 Å². The summed E-state index contributed by atoms with van der Waals surface area (Å²) in [5, 5.41) is 8.86. The Morgan fingerprint density at radius 3 is 2.94 bits per heavy atom. The molecule has 0 saturated heterocycles. The summed E-state index contributed by atoms with van der Waals surface area (Å²) in [5.41, 5.74) is 3.00. The molecule has 1 aliphatic heterocycles. The number of amides is 1. The molecule has 1 amide bonds. The Bertz CT molecular complexity index is 505. The van der Waals surface area contributed by atoms with E-state index in [9.17, 15) is 4.79 Å². The zero-order chi connectivity index (χ0) is 13.1. The van der Waals surface area contributed by atoms with Crippen molar-refractivity contribution in [1.82, 2.24) is 0 Å². The summed E-state index contributed by atoms with van der Waals surface area (Å²) >= 11 is 0. The number of carbonyl (C=O) groups is 1. The Hall–Kier alpha value is -1.86. The molecule has 2 rings (SSSR count). The maximum absolute atomic E-state index is 12.3. The molecule has 4 nitrogen and oxygen atoms in total. The normalized spacial score (nSPS) is 17.7. The minimum absolute atomic E-state index is 0.00852. The van der Waals surface area contributed by atoms with Gasteiger partial charge in [0.15, 0.2) is 0 Å². The number of carbonyl (C=O) groups excluding carboxylic acids is 1. The van der Waals surface area contributed by atoms with Crippen molar-refractivity contribution in [3.05, 3.63) is 29.3 Å². The van der Waals surface area contributed by atoms with Crippen molar-refractivity contribution in [2.75, 3.05) is 25.2 Å². The molecule has 0 aromatic heterocycles. The molecular formula is C14H16N2O2. The van der Waals surface area contributed by atoms with Crippen LogP contribution in [0.2, 0.25) is 0 Å². The number of hydrogen-bond acceptors (Lipinski definition) is 3. The molecule has 1 atom stereocenters. The Morgan fingerprint density at radius 2 is 2.28 bits per heavy atom. The molecule has 0 unspecified atom stereocenters. The molecule has 0 spiro atoms. The van der Waals surface area contributed by atoms with E-state index in [1.54, 1.807) is 12.0 Å². The van der Waals surface area contributed by atoms with E-state index in [1.165, 1.54) is 0 Å². The van der Waals surface area contributed by atoms with E-state index in [0.717, 1.165) is 16.8 Å². The van der Waals surface area contributed by atoms with Crippen LogP contribution in [-0.4, -0.2) is 26.2 Å². The molecule has 1 aromatic rings. The lowest BCUT2D eigenvalue weighted by Crippen LogP contribution is -2.31. The average Bonchev–Trinajstić information content (AvgIpc) is 2.61. The van der Waals surface area contributed by atoms with Crippen molar-refractivity contribution in [1.29, 1.82) is 5.26 Å². The fraction of sp³-hybridized carbons (Fsp3) is 0.429. The first-order valence-corrected chi connectivity index (χ1v) is 5.97. The maximum Gasteiger partial charge on any atom is 0.235 e. The summed E-state index contributed by atoms with van der Waals surface area (Å²) in [6.45, 7) is 3.03. The van der Waals surface area contributed by atoms with Gasteiger partial charge in [0.2, 0.25) is 5.91 Å². The Balaban J connectivity index is 2.37. The second-order valence-electron chi connectivity index (χ2n) is 4.46. The Labute approximate surface area is 107 Å². The predicted molar refractivity (Wildman–Crippen MR) is 68.4 cm³/mol. The standard InChI is InChI=1S/C14H16N2O2/c1-10-3-4-13-12(9-10)11(5-6-15)14(17)16(13)7-8-18-2/h3-4,9,11H,5,7-8H2,1-2H3/t11-/m0/s1. The first-order valence-electron chi connectivity index (χ1n) is 5.97. The van der Waals surface area contributed by atoms with Crippen molar-refractivity contribution >= 4 is 11.6 Å². The highest BCUT2D eigenvalue weighted by Gasteiger charge is 2.36. The molecule has 1 aliphatic rings. The smallest absolute Gasteiger partial charge is 0.235 e. The van der Waals surface area contributed by atoms with E-state index < -0.39 is 0 Å². The molecule has 94 valence electrons. The van der Waals surface area contributed by atoms with Crippen molar-refractivity contribution in [2.45, 2.75) is 19.3 Å². The number of nitrogens with zero attached hydrogens (tertiary/aromatic N) is 2. The maximum atomic E-state index is 12.3. The molecule has 0 fully saturated rings. The number of aryl methyl sites for hydroxylation is 1. The molecule has 0 aliphatic carbocycles. The van der Waals surface area contributed by atoms with Gasteiger partial charge in [0.25, 0.3) is 0 Å². The lowest BCUT2D eigenvalue weighted by atomic mass is 9.96. The Morgan fingerprint density at radius 1 is 1.50 bits per heavy atom. The minimum Gasteiger partial charge on any atom is -0.383 e. The van der Waals surface area contributed by atoms with Gasteiger partial charge in [0.1, 0.15) is 0 Å². The van der Waals surface area contributed by atoms with Gasteiger partial charge in [-0.2, -0.15) is 5.26 Å². The van der Waals surface area contributed by atoms with Crippen LogP contribution in [0.1, 0.15) is 23.5 Å². The summed E-state index contributed by atoms with van der Waals surface area (Å²) in [6.07, 6.45) is 0.235. The second-order valence-corrected chi connectivity index (χ2v) is 4.46. The summed E-state index contributed by atoms with van der Waals surface area (Å²) in [4.78, 5) is 14.0. The topological polar surface area (TPSA) is 53.3 Å². The van der Waals surface area contributed by atoms with Gasteiger partial charge >= 0.3 is 0 Å². The summed E-state index contributed by atoms with van der Waals surface area (Å²) in [6, 6.07) is 8.04. The van der Waals surface area contributed by atoms with Crippen LogP contribution in [-0.2, 0) is 9.53 Å². The third-order valence-corrected chi connectivity index (χ3v) is 3.23. The van der Waals surface area contributed by atoms with Gasteiger partial charge in [-0.15, -0.1) is 0 Å². The van der Waals surface area contributed by atoms with Crippen LogP contribution in [0.25, 0.3) is 0 Å². The van der Waals surface area contributed by atoms with E-state index in [1.807, 2.05) is 25.1 Å². The number of benzene rings is 1. The Kier molecular flexibility index (Phi) is 3.63. The van der Waals surface area contributed by atoms with E-state index >= 15 is 0 Å². The molecule has 0 bridgehead atoms. The summed E-state index contributed by atoms with van der Waals surface area (Å²) in [5.74, 6) is -0.309. The van der Waals surface area contributed by atoms with Gasteiger partial charge < -0.3 is 9.64 Å². The molecule has 0 N–H and O–H groups in total. The van der Waals surface area contributed by atoms with E-state index in [2.05, 4.69) is 6.07 Å². The largest absolute Gasteiger partial charge is 0.383 e. The molecular weight excluding hydrogens is 228 g/mol. The van der Waals surface area contributed by atoms with Gasteiger partial charge in [-0.05, 0) is 18.6 Å². The summed E-state index contributed by atoms with van der Waals surface area (Å²) < 4.78 is 5.03. The van der Waals surface area contributed by atoms with Crippen molar-refractivity contribution in [3.8, 4) is 6.07 Å². The predicted octanol–water partition coefficient (Wildman–Crippen LogP) is 1.99. The number of fused-ring (bicyclic) bond motifs is 1. The second kappa shape index (κ2) is 5.19. The van der Waals surface area contributed by atoms with Crippen molar-refractivity contribution in [3.63, 3.8) is 0 Å². The van der Waals surface area contributed by atoms with Gasteiger partial charge in [-0.1, -0.05) is 17.7 Å². The molecule has 4 heteroatoms. The first-order chi connectivity index (χ1) is 8.69. The molecule has 18 heavy (non-hydrogen) atoms. The number of anilines is 1. The lowest BCUT2D eigenvalue weighted by Gasteiger charge is -2.17. The molecule has 1 heterocycles. The van der Waals surface area contributed by atoms with Crippen LogP contribution in [0.4, 0.5) is 5.69 Å². The van der Waals surface area contributed by atoms with Gasteiger partial charge in [0, 0.05) is 19.3 Å². The van der Waals surface area contributed by atoms with E-state index in [4.69, 9.17) is 10.00 Å². The zero-order valence-electron chi connectivity index (χ0n) is 10.6. The number of hydrogen-bond donors (Lipinski definition) is 0. The van der Waals surface area contributed by atoms with Gasteiger partial charge in [-0.3, -0.25) is 4.79 Å². The fourth-order valence-corrected chi connectivity index (χ4v) is 2.34. The fourth-order valence-electron chi connectivity index (χ4n) is 2.34. The number of ether oxygens (including phenoxy) is 1. The van der Waals surface area contributed by atoms with Gasteiger partial charge in [0.05, 0.1) is 25.0 Å². The highest BCUT2D eigenvalue weighted by molar-refractivity contribution is 6.05. The van der Waals surface area contributed by atoms with E-state index in [0.29, 0.717) is 13.2 Å². The number of methoxy groups -OCH3 is 1. The molecule has 0 radical (unpaired) electrons. The van der Waals surface area contributed by atoms with Crippen LogP contribution < -0.4 is 4.90 Å². The van der Waals surface area contributed by atoms with Crippen LogP contribution in [0.5, 0.6) is 0 Å². The third kappa shape index (κ3) is 2.09. The quantitative estimate of drug-likeness (QED) is 0.813. The highest BCUT2D eigenvalue weighted by Crippen LogP contribution is 2.39.